The van der Waals surface area contributed by atoms with Crippen molar-refractivity contribution in [1.82, 2.24) is 36.1 Å². The Morgan fingerprint density at radius 2 is 1.59 bits per heavy atom. The SMILES string of the molecule is CN1CC(C=O)CC1=O.CNCCC=O.CNCCOCCOCCC(=O)NC1CCC(C(=O)NCCN(C(=O)C2CCC(C)O2)c2ccnc(C(N)=O)c2)CC1.COc1cccc(F)c1F.c1ccncc1. The summed E-state index contributed by atoms with van der Waals surface area (Å²) in [6, 6.07) is 12.6. The van der Waals surface area contributed by atoms with Gasteiger partial charge in [-0.2, -0.15) is 4.39 Å². The van der Waals surface area contributed by atoms with E-state index >= 15 is 0 Å². The van der Waals surface area contributed by atoms with Crippen LogP contribution in [0.2, 0.25) is 0 Å². The van der Waals surface area contributed by atoms with Gasteiger partial charge < -0.3 is 65.3 Å². The molecule has 3 aliphatic rings. The summed E-state index contributed by atoms with van der Waals surface area (Å²) in [5, 5.41) is 11.8. The fourth-order valence-corrected chi connectivity index (χ4v) is 7.29. The van der Waals surface area contributed by atoms with E-state index in [9.17, 15) is 42.3 Å². The van der Waals surface area contributed by atoms with E-state index in [4.69, 9.17) is 19.9 Å². The molecule has 3 atom stereocenters. The molecular formula is C51H75F2N9O11. The summed E-state index contributed by atoms with van der Waals surface area (Å²) in [4.78, 5) is 91.4. The van der Waals surface area contributed by atoms with Gasteiger partial charge in [0, 0.05) is 101 Å². The Morgan fingerprint density at radius 1 is 0.890 bits per heavy atom. The van der Waals surface area contributed by atoms with Gasteiger partial charge in [0.25, 0.3) is 11.8 Å². The Kier molecular flexibility index (Phi) is 32.2. The van der Waals surface area contributed by atoms with Gasteiger partial charge in [0.2, 0.25) is 23.5 Å². The van der Waals surface area contributed by atoms with Crippen LogP contribution >= 0.6 is 0 Å². The molecule has 2 aromatic heterocycles. The number of likely N-dealkylation sites (N-methyl/N-ethyl adjacent to an activating group) is 1. The van der Waals surface area contributed by atoms with Crippen LogP contribution in [0.5, 0.6) is 5.75 Å². The third-order valence-electron chi connectivity index (χ3n) is 11.3. The highest BCUT2D eigenvalue weighted by Crippen LogP contribution is 2.26. The first kappa shape index (κ1) is 62.8. The van der Waals surface area contributed by atoms with Crippen LogP contribution in [-0.4, -0.2) is 163 Å². The Morgan fingerprint density at radius 3 is 2.10 bits per heavy atom. The number of nitrogens with zero attached hydrogens (tertiary/aromatic N) is 4. The van der Waals surface area contributed by atoms with Gasteiger partial charge in [0.1, 0.15) is 24.4 Å². The summed E-state index contributed by atoms with van der Waals surface area (Å²) in [6.07, 6.45) is 11.6. The number of nitrogens with two attached hydrogens (primary N) is 1. The number of methoxy groups -OCH3 is 1. The maximum atomic E-state index is 13.3. The summed E-state index contributed by atoms with van der Waals surface area (Å²) >= 11 is 0. The minimum Gasteiger partial charge on any atom is -0.494 e. The van der Waals surface area contributed by atoms with Gasteiger partial charge in [-0.1, -0.05) is 12.1 Å². The molecule has 1 saturated carbocycles. The lowest BCUT2D eigenvalue weighted by Gasteiger charge is -2.29. The number of nitrogens with one attached hydrogen (secondary N) is 4. The van der Waals surface area contributed by atoms with Gasteiger partial charge in [-0.05, 0) is 95.9 Å². The maximum absolute atomic E-state index is 13.3. The molecule has 404 valence electrons. The third-order valence-corrected chi connectivity index (χ3v) is 11.3. The standard InChI is InChI=1S/C29H46N6O7.C7H6F2O.C6H9NO2.C5H5N.C4H9NO/c1-20-3-8-25(42-20)29(39)35(23-9-11-32-24(19-23)27(30)37)14-12-33-28(38)21-4-6-22(7-5-21)34-26(36)10-15-40-17-18-41-16-13-31-2;1-10-6-4-2-3-5(8)7(6)9;1-7-3-5(4-8)2-6(7)9;1-2-4-6-5-3-1;1-5-3-2-4-6/h9,11,19-22,25,31H,3-8,10,12-18H2,1-2H3,(H2,30,37)(H,33,38)(H,34,36);2-4H,1H3;4-5H,2-3H2,1H3;1-5H;4-5H,2-3H2,1H3. The second kappa shape index (κ2) is 37.4. The Balaban J connectivity index is 0.000000464. The number of primary amides is 1. The fraction of sp³-hybridized carbons (Fsp3) is 0.549. The molecular weight excluding hydrogens is 953 g/mol. The zero-order valence-corrected chi connectivity index (χ0v) is 42.7. The van der Waals surface area contributed by atoms with Gasteiger partial charge in [0.15, 0.2) is 11.6 Å². The number of pyridine rings is 2. The number of aromatic nitrogens is 2. The monoisotopic (exact) mass is 1030 g/mol. The number of ether oxygens (including phenoxy) is 4. The van der Waals surface area contributed by atoms with Crippen molar-refractivity contribution in [3.63, 3.8) is 0 Å². The minimum atomic E-state index is -0.940. The number of likely N-dealkylation sites (tertiary alicyclic amines) is 1. The highest BCUT2D eigenvalue weighted by molar-refractivity contribution is 5.98. The molecule has 0 radical (unpaired) electrons. The molecule has 3 aromatic rings. The highest BCUT2D eigenvalue weighted by Gasteiger charge is 2.33. The predicted molar refractivity (Wildman–Crippen MR) is 269 cm³/mol. The van der Waals surface area contributed by atoms with Crippen LogP contribution in [0.25, 0.3) is 0 Å². The summed E-state index contributed by atoms with van der Waals surface area (Å²) in [5.41, 5.74) is 5.91. The molecule has 73 heavy (non-hydrogen) atoms. The Hall–Kier alpha value is -6.33. The Labute approximate surface area is 427 Å². The largest absolute Gasteiger partial charge is 0.494 e. The number of anilines is 1. The molecule has 3 fully saturated rings. The van der Waals surface area contributed by atoms with E-state index < -0.39 is 23.6 Å². The smallest absolute Gasteiger partial charge is 0.267 e. The van der Waals surface area contributed by atoms with Crippen molar-refractivity contribution in [2.45, 2.75) is 83.0 Å². The first-order chi connectivity index (χ1) is 35.2. The van der Waals surface area contributed by atoms with Crippen molar-refractivity contribution < 1.29 is 61.3 Å². The van der Waals surface area contributed by atoms with Crippen molar-refractivity contribution >= 4 is 47.8 Å². The molecule has 4 heterocycles. The topological polar surface area (TPSA) is 263 Å². The molecule has 0 bridgehead atoms. The first-order valence-electron chi connectivity index (χ1n) is 24.4. The number of carbonyl (C=O) groups is 7. The predicted octanol–water partition coefficient (Wildman–Crippen LogP) is 3.03. The van der Waals surface area contributed by atoms with Crippen molar-refractivity contribution in [1.29, 1.82) is 0 Å². The van der Waals surface area contributed by atoms with E-state index in [1.54, 1.807) is 30.4 Å². The quantitative estimate of drug-likeness (QED) is 0.0716. The number of hydrogen-bond donors (Lipinski definition) is 5. The molecule has 5 amide bonds. The summed E-state index contributed by atoms with van der Waals surface area (Å²) in [7, 11) is 6.69. The molecule has 6 N–H and O–H groups in total. The molecule has 0 spiro atoms. The first-order valence-corrected chi connectivity index (χ1v) is 24.4. The zero-order chi connectivity index (χ0) is 53.8. The van der Waals surface area contributed by atoms with Crippen LogP contribution in [0.15, 0.2) is 67.1 Å². The molecule has 3 unspecified atom stereocenters. The van der Waals surface area contributed by atoms with E-state index in [0.717, 1.165) is 51.0 Å². The average Bonchev–Trinajstić information content (AvgIpc) is 4.00. The van der Waals surface area contributed by atoms with Crippen molar-refractivity contribution in [2.24, 2.45) is 17.6 Å². The van der Waals surface area contributed by atoms with Crippen LogP contribution < -0.4 is 36.6 Å². The number of amides is 5. The van der Waals surface area contributed by atoms with Crippen molar-refractivity contribution in [3.8, 4) is 5.75 Å². The molecule has 22 heteroatoms. The number of aldehydes is 2. The van der Waals surface area contributed by atoms with Crippen molar-refractivity contribution in [3.05, 3.63) is 84.4 Å². The third kappa shape index (κ3) is 25.8. The van der Waals surface area contributed by atoms with Crippen LogP contribution in [0.1, 0.15) is 75.2 Å². The van der Waals surface area contributed by atoms with Crippen molar-refractivity contribution in [2.75, 3.05) is 92.3 Å². The van der Waals surface area contributed by atoms with Crippen LogP contribution in [0.3, 0.4) is 0 Å². The summed E-state index contributed by atoms with van der Waals surface area (Å²) < 4.78 is 45.9. The zero-order valence-electron chi connectivity index (χ0n) is 42.7. The molecule has 2 aliphatic heterocycles. The van der Waals surface area contributed by atoms with Gasteiger partial charge >= 0.3 is 0 Å². The highest BCUT2D eigenvalue weighted by atomic mass is 19.2. The summed E-state index contributed by atoms with van der Waals surface area (Å²) in [6.45, 7) is 6.46. The van der Waals surface area contributed by atoms with Gasteiger partial charge in [-0.3, -0.25) is 33.9 Å². The number of halogens is 2. The fourth-order valence-electron chi connectivity index (χ4n) is 7.29. The van der Waals surface area contributed by atoms with Crippen LogP contribution in [0, 0.1) is 23.5 Å². The second-order valence-corrected chi connectivity index (χ2v) is 17.0. The Bertz CT molecular complexity index is 2060. The number of rotatable bonds is 22. The normalized spacial score (nSPS) is 18.6. The summed E-state index contributed by atoms with van der Waals surface area (Å²) in [5.74, 6) is -3.08. The van der Waals surface area contributed by atoms with Crippen LogP contribution in [-0.2, 0) is 43.0 Å². The van der Waals surface area contributed by atoms with E-state index in [-0.39, 0.29) is 78.6 Å². The number of hydrogen-bond acceptors (Lipinski definition) is 15. The molecule has 1 aromatic carbocycles. The molecule has 20 nitrogen and oxygen atoms in total. The lowest BCUT2D eigenvalue weighted by atomic mass is 9.85. The van der Waals surface area contributed by atoms with E-state index in [0.29, 0.717) is 70.8 Å². The van der Waals surface area contributed by atoms with Crippen LogP contribution in [0.4, 0.5) is 14.5 Å². The van der Waals surface area contributed by atoms with Gasteiger partial charge in [-0.15, -0.1) is 0 Å². The van der Waals surface area contributed by atoms with E-state index in [2.05, 4.69) is 36.0 Å². The van der Waals surface area contributed by atoms with E-state index in [1.807, 2.05) is 39.2 Å². The van der Waals surface area contributed by atoms with E-state index in [1.165, 1.54) is 36.4 Å². The maximum Gasteiger partial charge on any atom is 0.267 e. The average molecular weight is 1030 g/mol. The molecule has 2 saturated heterocycles. The lowest BCUT2D eigenvalue weighted by Crippen LogP contribution is -2.45. The number of carbonyl (C=O) groups excluding carboxylic acids is 7. The number of benzene rings is 1. The molecule has 6 rings (SSSR count). The molecule has 1 aliphatic carbocycles. The second-order valence-electron chi connectivity index (χ2n) is 17.0. The van der Waals surface area contributed by atoms with Gasteiger partial charge in [0.05, 0.1) is 39.6 Å². The van der Waals surface area contributed by atoms with Gasteiger partial charge in [-0.25, -0.2) is 4.39 Å². The minimum absolute atomic E-state index is 0.00861. The lowest BCUT2D eigenvalue weighted by molar-refractivity contribution is -0.129.